The van der Waals surface area contributed by atoms with E-state index in [1.165, 1.54) is 0 Å². The van der Waals surface area contributed by atoms with E-state index in [-0.39, 0.29) is 17.1 Å². The number of nitrogens with one attached hydrogen (secondary N) is 2. The molecule has 0 saturated carbocycles. The van der Waals surface area contributed by atoms with Crippen molar-refractivity contribution >= 4 is 0 Å². The zero-order valence-electron chi connectivity index (χ0n) is 17.4. The summed E-state index contributed by atoms with van der Waals surface area (Å²) in [7, 11) is -7.74. The predicted octanol–water partition coefficient (Wildman–Crippen LogP) is -8.25. The maximum Gasteiger partial charge on any atom is 2.00 e. The minimum absolute atomic E-state index is 0. The second kappa shape index (κ2) is 15.8. The molecule has 0 aliphatic carbocycles. The van der Waals surface area contributed by atoms with Crippen molar-refractivity contribution < 1.29 is 74.8 Å². The van der Waals surface area contributed by atoms with Gasteiger partial charge in [0.05, 0.1) is 22.8 Å². The third kappa shape index (κ3) is 19.0. The summed E-state index contributed by atoms with van der Waals surface area (Å²) in [5, 5.41) is 6.91. The molecule has 33 heavy (non-hydrogen) atoms. The Labute approximate surface area is 205 Å². The van der Waals surface area contributed by atoms with Gasteiger partial charge in [0, 0.05) is 39.3 Å². The normalized spacial score (nSPS) is 15.3. The van der Waals surface area contributed by atoms with Crippen LogP contribution in [0.1, 0.15) is 11.4 Å². The maximum atomic E-state index is 8.49. The molecule has 2 N–H and O–H groups in total. The molecule has 1 aliphatic heterocycles. The summed E-state index contributed by atoms with van der Waals surface area (Å²) >= 11 is 0. The van der Waals surface area contributed by atoms with E-state index in [1.807, 2.05) is 12.1 Å². The van der Waals surface area contributed by atoms with Crippen LogP contribution in [-0.4, -0.2) is 48.1 Å². The van der Waals surface area contributed by atoms with Gasteiger partial charge < -0.3 is 15.5 Å². The fourth-order valence-corrected chi connectivity index (χ4v) is 2.53. The quantitative estimate of drug-likeness (QED) is 0.285. The molecule has 3 rings (SSSR count). The second-order valence-corrected chi connectivity index (χ2v) is 7.95. The van der Waals surface area contributed by atoms with Crippen molar-refractivity contribution in [2.45, 2.75) is 13.1 Å². The number of hydrogen-bond acceptors (Lipinski definition) is 13. The molecule has 2 aromatic rings. The van der Waals surface area contributed by atoms with E-state index < -0.39 is 20.5 Å². The number of rotatable bonds is 0. The molecule has 0 atom stereocenters. The molecule has 3 heterocycles. The Morgan fingerprint density at radius 1 is 0.697 bits per heavy atom. The van der Waals surface area contributed by atoms with Crippen molar-refractivity contribution in [3.63, 3.8) is 0 Å². The summed E-state index contributed by atoms with van der Waals surface area (Å²) < 4.78 is 67.9. The number of halogens is 2. The summed E-state index contributed by atoms with van der Waals surface area (Å²) in [5.41, 5.74) is 3.99. The Morgan fingerprint density at radius 2 is 1.03 bits per heavy atom. The summed E-state index contributed by atoms with van der Waals surface area (Å²) in [4.78, 5) is 11.8. The molecule has 1 aliphatic rings. The van der Waals surface area contributed by atoms with Crippen LogP contribution in [-0.2, 0) is 30.2 Å². The Kier molecular flexibility index (Phi) is 15.3. The van der Waals surface area contributed by atoms with E-state index >= 15 is 0 Å². The third-order valence-corrected chi connectivity index (χ3v) is 3.83. The van der Waals surface area contributed by atoms with Gasteiger partial charge in [-0.15, -0.1) is 20.5 Å². The average molecular weight is 560 g/mol. The van der Waals surface area contributed by atoms with Crippen molar-refractivity contribution in [2.75, 3.05) is 33.2 Å². The number of nitrogens with zero attached hydrogens (tertiary/aromatic N) is 3. The van der Waals surface area contributed by atoms with Crippen LogP contribution in [0.15, 0.2) is 36.4 Å². The molecule has 0 spiro atoms. The fraction of sp³-hybridized carbons (Fsp3) is 0.412. The SMILES string of the molecule is CN1CCNCc2cccc(n2)-c2cccc(n2)CNCC1.[Cu+2].[O-][Cl+3]([O-])([O-])[O-].[O-][Cl+3]([O-])([O-])[O-]. The number of fused-ring (bicyclic) bond motifs is 5. The standard InChI is InChI=1S/C17H23N5.2ClHO4.Cu/c1-22-10-8-18-12-14-4-2-6-16(20-14)17-7-3-5-15(21-17)13-19-9-11-22;2*2-1(3,4)5;/h2-7,18-19H,8-13H2,1H3;2*(H,2,3,4,5);/q;;;+2/p-2. The van der Waals surface area contributed by atoms with Crippen LogP contribution in [0.25, 0.3) is 11.4 Å². The first-order valence-electron chi connectivity index (χ1n) is 9.07. The molecule has 0 amide bonds. The molecule has 1 radical (unpaired) electrons. The van der Waals surface area contributed by atoms with E-state index in [2.05, 4.69) is 46.8 Å². The van der Waals surface area contributed by atoms with Crippen LogP contribution in [0.2, 0.25) is 0 Å². The average Bonchev–Trinajstić information content (AvgIpc) is 2.66. The zero-order chi connectivity index (χ0) is 24.2. The minimum Gasteiger partial charge on any atom is -0.310 e. The number of pyridine rings is 2. The van der Waals surface area contributed by atoms with E-state index in [0.29, 0.717) is 0 Å². The van der Waals surface area contributed by atoms with Gasteiger partial charge in [0.2, 0.25) is 0 Å². The second-order valence-electron chi connectivity index (χ2n) is 6.44. The van der Waals surface area contributed by atoms with Gasteiger partial charge in [-0.1, -0.05) is 12.1 Å². The molecule has 0 aromatic carbocycles. The minimum atomic E-state index is -4.94. The molecule has 0 unspecified atom stereocenters. The number of hydrogen-bond donors (Lipinski definition) is 2. The van der Waals surface area contributed by atoms with Crippen LogP contribution in [0.5, 0.6) is 0 Å². The van der Waals surface area contributed by atoms with Gasteiger partial charge >= 0.3 is 17.1 Å². The van der Waals surface area contributed by atoms with Crippen molar-refractivity contribution in [3.05, 3.63) is 47.8 Å². The first-order valence-corrected chi connectivity index (χ1v) is 11.5. The molecule has 0 saturated heterocycles. The molecule has 189 valence electrons. The van der Waals surface area contributed by atoms with Gasteiger partial charge in [-0.3, -0.25) is 0 Å². The third-order valence-electron chi connectivity index (χ3n) is 3.83. The van der Waals surface area contributed by atoms with Crippen LogP contribution in [0.4, 0.5) is 0 Å². The van der Waals surface area contributed by atoms with Crippen LogP contribution in [0, 0.1) is 20.5 Å². The molecular formula is C17H23Cl2CuN5O8. The maximum absolute atomic E-state index is 8.49. The number of likely N-dealkylation sites (N-methyl/N-ethyl adjacent to an activating group) is 1. The van der Waals surface area contributed by atoms with Gasteiger partial charge in [-0.2, -0.15) is 0 Å². The molecule has 13 nitrogen and oxygen atoms in total. The van der Waals surface area contributed by atoms with Crippen LogP contribution < -0.4 is 47.9 Å². The topological polar surface area (TPSA) is 238 Å². The Morgan fingerprint density at radius 3 is 1.36 bits per heavy atom. The Bertz CT molecular complexity index is 736. The molecule has 4 bridgehead atoms. The van der Waals surface area contributed by atoms with Gasteiger partial charge in [-0.25, -0.2) is 47.2 Å². The smallest absolute Gasteiger partial charge is 0.310 e. The van der Waals surface area contributed by atoms with Crippen molar-refractivity contribution in [1.82, 2.24) is 25.5 Å². The first kappa shape index (κ1) is 32.0. The largest absolute Gasteiger partial charge is 2.00 e. The van der Waals surface area contributed by atoms with Gasteiger partial charge in [0.1, 0.15) is 0 Å². The Hall–Kier alpha value is -1.04. The summed E-state index contributed by atoms with van der Waals surface area (Å²) in [6, 6.07) is 12.3. The van der Waals surface area contributed by atoms with E-state index in [0.717, 1.165) is 62.0 Å². The van der Waals surface area contributed by atoms with Crippen molar-refractivity contribution in [1.29, 1.82) is 0 Å². The monoisotopic (exact) mass is 558 g/mol. The predicted molar refractivity (Wildman–Crippen MR) is 88.4 cm³/mol. The fourth-order valence-electron chi connectivity index (χ4n) is 2.53. The van der Waals surface area contributed by atoms with E-state index in [9.17, 15) is 0 Å². The molecule has 16 heteroatoms. The zero-order valence-corrected chi connectivity index (χ0v) is 19.8. The first-order chi connectivity index (χ1) is 14.8. The van der Waals surface area contributed by atoms with Gasteiger partial charge in [0.15, 0.2) is 0 Å². The molecular weight excluding hydrogens is 537 g/mol. The van der Waals surface area contributed by atoms with Crippen molar-refractivity contribution in [3.8, 4) is 11.4 Å². The van der Waals surface area contributed by atoms with Crippen molar-refractivity contribution in [2.24, 2.45) is 0 Å². The summed E-state index contributed by atoms with van der Waals surface area (Å²) in [5.74, 6) is 0. The summed E-state index contributed by atoms with van der Waals surface area (Å²) in [6.45, 7) is 5.59. The number of aromatic nitrogens is 2. The van der Waals surface area contributed by atoms with Crippen LogP contribution >= 0.6 is 0 Å². The van der Waals surface area contributed by atoms with E-state index in [4.69, 9.17) is 47.2 Å². The van der Waals surface area contributed by atoms with Gasteiger partial charge in [0.25, 0.3) is 0 Å². The molecule has 2 aromatic heterocycles. The Balaban J connectivity index is 0.000000790. The van der Waals surface area contributed by atoms with Crippen LogP contribution in [0.3, 0.4) is 0 Å². The molecule has 0 fully saturated rings. The summed E-state index contributed by atoms with van der Waals surface area (Å²) in [6.07, 6.45) is 0. The van der Waals surface area contributed by atoms with E-state index in [1.54, 1.807) is 0 Å². The van der Waals surface area contributed by atoms with Gasteiger partial charge in [-0.05, 0) is 31.3 Å².